The van der Waals surface area contributed by atoms with Gasteiger partial charge in [0, 0.05) is 23.8 Å². The van der Waals surface area contributed by atoms with Crippen LogP contribution in [0.15, 0.2) is 47.2 Å². The van der Waals surface area contributed by atoms with Gasteiger partial charge in [-0.25, -0.2) is 0 Å². The smallest absolute Gasteiger partial charge is 0.0801 e. The molecule has 2 aromatic rings. The third kappa shape index (κ3) is 2.86. The van der Waals surface area contributed by atoms with E-state index in [9.17, 15) is 0 Å². The van der Waals surface area contributed by atoms with Crippen LogP contribution in [-0.4, -0.2) is 18.1 Å². The van der Waals surface area contributed by atoms with Crippen LogP contribution < -0.4 is 4.90 Å². The molecule has 104 valence electrons. The van der Waals surface area contributed by atoms with Gasteiger partial charge in [-0.2, -0.15) is 0 Å². The Hall–Kier alpha value is -1.39. The van der Waals surface area contributed by atoms with Crippen LogP contribution in [0.3, 0.4) is 0 Å². The molecule has 20 heavy (non-hydrogen) atoms. The Morgan fingerprint density at radius 1 is 1.35 bits per heavy atom. The predicted octanol–water partition coefficient (Wildman–Crippen LogP) is 3.94. The van der Waals surface area contributed by atoms with E-state index in [1.54, 1.807) is 6.20 Å². The molecule has 3 rings (SSSR count). The first-order valence-corrected chi connectivity index (χ1v) is 7.58. The lowest BCUT2D eigenvalue weighted by Gasteiger charge is -2.30. The van der Waals surface area contributed by atoms with Crippen molar-refractivity contribution in [2.45, 2.75) is 19.6 Å². The average molecular weight is 333 g/mol. The summed E-state index contributed by atoms with van der Waals surface area (Å²) in [6.07, 6.45) is 3.86. The molecular formula is C16H17BrN2O. The van der Waals surface area contributed by atoms with Crippen LogP contribution >= 0.6 is 15.9 Å². The zero-order valence-electron chi connectivity index (χ0n) is 11.4. The minimum atomic E-state index is 0.147. The van der Waals surface area contributed by atoms with Crippen LogP contribution in [0.25, 0.3) is 0 Å². The van der Waals surface area contributed by atoms with Crippen molar-refractivity contribution in [1.29, 1.82) is 0 Å². The number of hydrogen-bond acceptors (Lipinski definition) is 3. The number of pyridine rings is 1. The van der Waals surface area contributed by atoms with Gasteiger partial charge in [0.05, 0.1) is 24.6 Å². The summed E-state index contributed by atoms with van der Waals surface area (Å²) in [5.74, 6) is 0. The first-order valence-electron chi connectivity index (χ1n) is 6.79. The topological polar surface area (TPSA) is 25.4 Å². The van der Waals surface area contributed by atoms with Crippen LogP contribution in [-0.2, 0) is 11.3 Å². The molecule has 4 heteroatoms. The minimum Gasteiger partial charge on any atom is -0.372 e. The monoisotopic (exact) mass is 332 g/mol. The quantitative estimate of drug-likeness (QED) is 0.790. The Morgan fingerprint density at radius 2 is 2.25 bits per heavy atom. The van der Waals surface area contributed by atoms with Crippen molar-refractivity contribution in [3.63, 3.8) is 0 Å². The van der Waals surface area contributed by atoms with Crippen molar-refractivity contribution < 1.29 is 4.74 Å². The molecule has 0 amide bonds. The number of anilines is 1. The molecular weight excluding hydrogens is 316 g/mol. The number of hydrogen-bond donors (Lipinski definition) is 0. The zero-order valence-corrected chi connectivity index (χ0v) is 13.0. The molecule has 0 fully saturated rings. The first-order chi connectivity index (χ1) is 9.74. The highest BCUT2D eigenvalue weighted by Gasteiger charge is 2.18. The molecule has 0 spiro atoms. The molecule has 1 aromatic carbocycles. The average Bonchev–Trinajstić information content (AvgIpc) is 2.45. The van der Waals surface area contributed by atoms with Crippen molar-refractivity contribution >= 4 is 21.6 Å². The van der Waals surface area contributed by atoms with E-state index < -0.39 is 0 Å². The molecule has 0 bridgehead atoms. The minimum absolute atomic E-state index is 0.147. The highest BCUT2D eigenvalue weighted by atomic mass is 79.9. The summed E-state index contributed by atoms with van der Waals surface area (Å²) in [5, 5.41) is 0. The van der Waals surface area contributed by atoms with Crippen LogP contribution in [0.5, 0.6) is 0 Å². The van der Waals surface area contributed by atoms with E-state index in [2.05, 4.69) is 57.0 Å². The lowest BCUT2D eigenvalue weighted by atomic mass is 10.0. The fraction of sp³-hybridized carbons (Fsp3) is 0.312. The van der Waals surface area contributed by atoms with Crippen LogP contribution in [0.4, 0.5) is 5.69 Å². The maximum atomic E-state index is 5.92. The van der Waals surface area contributed by atoms with Crippen molar-refractivity contribution in [2.75, 3.05) is 18.1 Å². The van der Waals surface area contributed by atoms with E-state index in [4.69, 9.17) is 4.74 Å². The second kappa shape index (κ2) is 5.94. The Labute approximate surface area is 127 Å². The Bertz CT molecular complexity index is 588. The second-order valence-electron chi connectivity index (χ2n) is 4.99. The third-order valence-electron chi connectivity index (χ3n) is 3.64. The van der Waals surface area contributed by atoms with Gasteiger partial charge in [-0.05, 0) is 42.3 Å². The molecule has 0 saturated carbocycles. The molecule has 1 aromatic heterocycles. The summed E-state index contributed by atoms with van der Waals surface area (Å²) in [4.78, 5) is 6.52. The van der Waals surface area contributed by atoms with Gasteiger partial charge in [0.15, 0.2) is 0 Å². The lowest BCUT2D eigenvalue weighted by molar-refractivity contribution is 0.0672. The van der Waals surface area contributed by atoms with Crippen molar-refractivity contribution in [3.8, 4) is 0 Å². The molecule has 1 atom stereocenters. The van der Waals surface area contributed by atoms with Crippen LogP contribution in [0.2, 0.25) is 0 Å². The largest absolute Gasteiger partial charge is 0.372 e. The fourth-order valence-electron chi connectivity index (χ4n) is 2.58. The van der Waals surface area contributed by atoms with Gasteiger partial charge in [0.25, 0.3) is 0 Å². The number of fused-ring (bicyclic) bond motifs is 1. The maximum Gasteiger partial charge on any atom is 0.0801 e. The molecule has 1 aliphatic heterocycles. The maximum absolute atomic E-state index is 5.92. The van der Waals surface area contributed by atoms with E-state index in [0.29, 0.717) is 0 Å². The Morgan fingerprint density at radius 3 is 3.05 bits per heavy atom. The highest BCUT2D eigenvalue weighted by molar-refractivity contribution is 9.10. The van der Waals surface area contributed by atoms with Gasteiger partial charge in [0.1, 0.15) is 0 Å². The lowest BCUT2D eigenvalue weighted by Crippen LogP contribution is -2.30. The first kappa shape index (κ1) is 13.6. The number of halogens is 1. The van der Waals surface area contributed by atoms with Crippen molar-refractivity contribution in [2.24, 2.45) is 0 Å². The van der Waals surface area contributed by atoms with E-state index in [1.807, 2.05) is 12.3 Å². The van der Waals surface area contributed by atoms with Gasteiger partial charge in [-0.1, -0.05) is 22.0 Å². The number of rotatable bonds is 1. The van der Waals surface area contributed by atoms with Crippen molar-refractivity contribution in [3.05, 3.63) is 58.3 Å². The summed E-state index contributed by atoms with van der Waals surface area (Å²) in [6, 6.07) is 10.5. The standard InChI is InChI=1S/C16H17BrN2O/c1-12-16-5-4-14(17)9-13(16)11-19(7-8-20-12)15-3-2-6-18-10-15/h2-6,9-10,12H,7-8,11H2,1H3. The summed E-state index contributed by atoms with van der Waals surface area (Å²) < 4.78 is 7.03. The predicted molar refractivity (Wildman–Crippen MR) is 83.8 cm³/mol. The summed E-state index contributed by atoms with van der Waals surface area (Å²) >= 11 is 3.56. The fourth-order valence-corrected chi connectivity index (χ4v) is 2.99. The SMILES string of the molecule is CC1OCCN(c2cccnc2)Cc2cc(Br)ccc21. The van der Waals surface area contributed by atoms with Gasteiger partial charge in [0.2, 0.25) is 0 Å². The zero-order chi connectivity index (χ0) is 13.9. The highest BCUT2D eigenvalue weighted by Crippen LogP contribution is 2.29. The Kier molecular flexibility index (Phi) is 4.03. The molecule has 0 saturated heterocycles. The summed E-state index contributed by atoms with van der Waals surface area (Å²) in [7, 11) is 0. The molecule has 1 unspecified atom stereocenters. The third-order valence-corrected chi connectivity index (χ3v) is 4.14. The van der Waals surface area contributed by atoms with Gasteiger partial charge in [-0.3, -0.25) is 4.98 Å². The number of benzene rings is 1. The molecule has 3 nitrogen and oxygen atoms in total. The van der Waals surface area contributed by atoms with Crippen LogP contribution in [0.1, 0.15) is 24.2 Å². The number of ether oxygens (including phenoxy) is 1. The van der Waals surface area contributed by atoms with Crippen molar-refractivity contribution in [1.82, 2.24) is 4.98 Å². The van der Waals surface area contributed by atoms with E-state index in [-0.39, 0.29) is 6.10 Å². The normalized spacial score (nSPS) is 19.1. The molecule has 0 radical (unpaired) electrons. The number of aromatic nitrogens is 1. The van der Waals surface area contributed by atoms with Gasteiger partial charge < -0.3 is 9.64 Å². The number of nitrogens with zero attached hydrogens (tertiary/aromatic N) is 2. The summed E-state index contributed by atoms with van der Waals surface area (Å²) in [5.41, 5.74) is 3.70. The van der Waals surface area contributed by atoms with E-state index in [1.165, 1.54) is 11.1 Å². The van der Waals surface area contributed by atoms with Gasteiger partial charge >= 0.3 is 0 Å². The van der Waals surface area contributed by atoms with Crippen LogP contribution in [0, 0.1) is 0 Å². The van der Waals surface area contributed by atoms with Gasteiger partial charge in [-0.15, -0.1) is 0 Å². The molecule has 0 aliphatic carbocycles. The van der Waals surface area contributed by atoms with E-state index in [0.717, 1.165) is 29.9 Å². The molecule has 0 N–H and O–H groups in total. The molecule has 2 heterocycles. The Balaban J connectivity index is 1.96. The second-order valence-corrected chi connectivity index (χ2v) is 5.90. The van der Waals surface area contributed by atoms with E-state index >= 15 is 0 Å². The molecule has 1 aliphatic rings. The summed E-state index contributed by atoms with van der Waals surface area (Å²) in [6.45, 7) is 4.61.